The molecule has 0 saturated heterocycles. The van der Waals surface area contributed by atoms with Gasteiger partial charge in [-0.25, -0.2) is 0 Å². The molecular weight excluding hydrogens is 270 g/mol. The number of likely N-dealkylation sites (N-methyl/N-ethyl adjacent to an activating group) is 1. The summed E-state index contributed by atoms with van der Waals surface area (Å²) in [6.07, 6.45) is 0. The minimum Gasteiger partial charge on any atom is -0.355 e. The van der Waals surface area contributed by atoms with Crippen LogP contribution in [-0.2, 0) is 4.79 Å². The summed E-state index contributed by atoms with van der Waals surface area (Å²) < 4.78 is 2.28. The number of carbonyl (C=O) groups excluding carboxylic acids is 1. The van der Waals surface area contributed by atoms with Crippen LogP contribution in [0.15, 0.2) is 18.2 Å². The number of carbonyl (C=O) groups is 1. The van der Waals surface area contributed by atoms with Gasteiger partial charge in [0.2, 0.25) is 5.91 Å². The number of H-pyrrole nitrogens is 1. The molecule has 2 rings (SSSR count). The third kappa shape index (κ3) is 2.15. The van der Waals surface area contributed by atoms with Crippen molar-refractivity contribution in [3.63, 3.8) is 0 Å². The maximum atomic E-state index is 11.9. The molecule has 0 radical (unpaired) electrons. The summed E-state index contributed by atoms with van der Waals surface area (Å²) in [6.45, 7) is 4.30. The number of hydrogen-bond acceptors (Lipinski definition) is 2. The van der Waals surface area contributed by atoms with Crippen LogP contribution in [0.3, 0.4) is 0 Å². The van der Waals surface area contributed by atoms with Gasteiger partial charge in [-0.15, -0.1) is 0 Å². The molecule has 1 atom stereocenters. The van der Waals surface area contributed by atoms with Crippen molar-refractivity contribution in [2.75, 3.05) is 6.54 Å². The Labute approximate surface area is 115 Å². The normalized spacial score (nSPS) is 12.6. The second-order valence-corrected chi connectivity index (χ2v) is 4.80. The predicted molar refractivity (Wildman–Crippen MR) is 75.5 cm³/mol. The molecule has 1 amide bonds. The van der Waals surface area contributed by atoms with Gasteiger partial charge in [0.1, 0.15) is 6.04 Å². The molecular formula is C12H14ClN3OS. The first-order valence-corrected chi connectivity index (χ1v) is 6.51. The quantitative estimate of drug-likeness (QED) is 0.851. The molecule has 0 aliphatic heterocycles. The molecule has 2 aromatic rings. The Balaban J connectivity index is 2.57. The van der Waals surface area contributed by atoms with E-state index in [1.165, 1.54) is 0 Å². The van der Waals surface area contributed by atoms with E-state index in [1.54, 1.807) is 10.6 Å². The van der Waals surface area contributed by atoms with Crippen molar-refractivity contribution in [1.82, 2.24) is 14.9 Å². The summed E-state index contributed by atoms with van der Waals surface area (Å²) in [5.41, 5.74) is 1.60. The van der Waals surface area contributed by atoms with Crippen molar-refractivity contribution in [2.45, 2.75) is 19.9 Å². The van der Waals surface area contributed by atoms with Gasteiger partial charge >= 0.3 is 0 Å². The van der Waals surface area contributed by atoms with Crippen LogP contribution in [0, 0.1) is 4.77 Å². The molecule has 1 aromatic carbocycles. The lowest BCUT2D eigenvalue weighted by Gasteiger charge is -2.13. The van der Waals surface area contributed by atoms with Crippen molar-refractivity contribution >= 4 is 40.8 Å². The SMILES string of the molecule is CCNC(=O)C(C)n1c(=S)[nH]c2c(Cl)cccc21. The third-order valence-corrected chi connectivity index (χ3v) is 3.43. The molecule has 0 aliphatic carbocycles. The lowest BCUT2D eigenvalue weighted by atomic mass is 10.2. The van der Waals surface area contributed by atoms with Crippen LogP contribution in [0.1, 0.15) is 19.9 Å². The van der Waals surface area contributed by atoms with Gasteiger partial charge in [0, 0.05) is 6.54 Å². The third-order valence-electron chi connectivity index (χ3n) is 2.82. The van der Waals surface area contributed by atoms with Crippen molar-refractivity contribution < 1.29 is 4.79 Å². The van der Waals surface area contributed by atoms with E-state index in [-0.39, 0.29) is 11.9 Å². The Morgan fingerprint density at radius 3 is 3.00 bits per heavy atom. The smallest absolute Gasteiger partial charge is 0.242 e. The Kier molecular flexibility index (Phi) is 3.73. The second-order valence-electron chi connectivity index (χ2n) is 4.00. The fraction of sp³-hybridized carbons (Fsp3) is 0.333. The zero-order valence-electron chi connectivity index (χ0n) is 10.2. The number of nitrogens with zero attached hydrogens (tertiary/aromatic N) is 1. The van der Waals surface area contributed by atoms with E-state index in [2.05, 4.69) is 10.3 Å². The van der Waals surface area contributed by atoms with Gasteiger partial charge in [-0.05, 0) is 38.2 Å². The monoisotopic (exact) mass is 283 g/mol. The average molecular weight is 284 g/mol. The van der Waals surface area contributed by atoms with Gasteiger partial charge in [-0.3, -0.25) is 4.79 Å². The van der Waals surface area contributed by atoms with Gasteiger partial charge in [-0.2, -0.15) is 0 Å². The van der Waals surface area contributed by atoms with E-state index >= 15 is 0 Å². The van der Waals surface area contributed by atoms with E-state index in [4.69, 9.17) is 23.8 Å². The van der Waals surface area contributed by atoms with Crippen molar-refractivity contribution in [1.29, 1.82) is 0 Å². The van der Waals surface area contributed by atoms with Crippen molar-refractivity contribution in [3.8, 4) is 0 Å². The summed E-state index contributed by atoms with van der Waals surface area (Å²) in [5, 5.41) is 3.38. The molecule has 0 saturated carbocycles. The lowest BCUT2D eigenvalue weighted by Crippen LogP contribution is -2.30. The standard InChI is InChI=1S/C12H14ClN3OS/c1-3-14-11(17)7(2)16-9-6-4-5-8(13)10(9)15-12(16)18/h4-7H,3H2,1-2H3,(H,14,17)(H,15,18). The zero-order valence-corrected chi connectivity index (χ0v) is 11.7. The maximum absolute atomic E-state index is 11.9. The number of amides is 1. The van der Waals surface area contributed by atoms with Crippen LogP contribution in [0.5, 0.6) is 0 Å². The van der Waals surface area contributed by atoms with Gasteiger partial charge < -0.3 is 14.9 Å². The first-order valence-electron chi connectivity index (χ1n) is 5.72. The van der Waals surface area contributed by atoms with Gasteiger partial charge in [0.25, 0.3) is 0 Å². The van der Waals surface area contributed by atoms with Crippen molar-refractivity contribution in [3.05, 3.63) is 28.0 Å². The van der Waals surface area contributed by atoms with E-state index in [1.807, 2.05) is 26.0 Å². The number of fused-ring (bicyclic) bond motifs is 1. The van der Waals surface area contributed by atoms with Crippen LogP contribution < -0.4 is 5.32 Å². The van der Waals surface area contributed by atoms with Gasteiger partial charge in [0.15, 0.2) is 4.77 Å². The molecule has 1 aromatic heterocycles. The van der Waals surface area contributed by atoms with Gasteiger partial charge in [-0.1, -0.05) is 17.7 Å². The summed E-state index contributed by atoms with van der Waals surface area (Å²) >= 11 is 11.4. The fourth-order valence-corrected chi connectivity index (χ4v) is 2.51. The van der Waals surface area contributed by atoms with Crippen molar-refractivity contribution in [2.24, 2.45) is 0 Å². The molecule has 0 fully saturated rings. The van der Waals surface area contributed by atoms with E-state index in [9.17, 15) is 4.79 Å². The zero-order chi connectivity index (χ0) is 13.3. The fourth-order valence-electron chi connectivity index (χ4n) is 1.94. The number of halogens is 1. The Bertz CT molecular complexity index is 646. The number of rotatable bonds is 3. The van der Waals surface area contributed by atoms with Crippen LogP contribution in [-0.4, -0.2) is 22.0 Å². The van der Waals surface area contributed by atoms with Crippen LogP contribution in [0.25, 0.3) is 11.0 Å². The molecule has 18 heavy (non-hydrogen) atoms. The molecule has 1 heterocycles. The number of imidazole rings is 1. The summed E-state index contributed by atoms with van der Waals surface area (Å²) in [4.78, 5) is 14.9. The average Bonchev–Trinajstić information content (AvgIpc) is 2.66. The highest BCUT2D eigenvalue weighted by molar-refractivity contribution is 7.71. The number of hydrogen-bond donors (Lipinski definition) is 2. The molecule has 0 aliphatic rings. The Morgan fingerprint density at radius 1 is 1.61 bits per heavy atom. The van der Waals surface area contributed by atoms with Crippen LogP contribution in [0.4, 0.5) is 0 Å². The molecule has 6 heteroatoms. The Hall–Kier alpha value is -1.33. The van der Waals surface area contributed by atoms with Crippen LogP contribution >= 0.6 is 23.8 Å². The number of aromatic nitrogens is 2. The highest BCUT2D eigenvalue weighted by atomic mass is 35.5. The number of benzene rings is 1. The van der Waals surface area contributed by atoms with Gasteiger partial charge in [0.05, 0.1) is 16.1 Å². The lowest BCUT2D eigenvalue weighted by molar-refractivity contribution is -0.123. The summed E-state index contributed by atoms with van der Waals surface area (Å²) in [5.74, 6) is -0.0607. The highest BCUT2D eigenvalue weighted by Gasteiger charge is 2.18. The number of nitrogens with one attached hydrogen (secondary N) is 2. The summed E-state index contributed by atoms with van der Waals surface area (Å²) in [7, 11) is 0. The van der Waals surface area contributed by atoms with E-state index < -0.39 is 0 Å². The highest BCUT2D eigenvalue weighted by Crippen LogP contribution is 2.25. The Morgan fingerprint density at radius 2 is 2.33 bits per heavy atom. The largest absolute Gasteiger partial charge is 0.355 e. The maximum Gasteiger partial charge on any atom is 0.242 e. The van der Waals surface area contributed by atoms with Crippen LogP contribution in [0.2, 0.25) is 5.02 Å². The molecule has 1 unspecified atom stereocenters. The minimum atomic E-state index is -0.371. The summed E-state index contributed by atoms with van der Waals surface area (Å²) in [6, 6.07) is 5.15. The first kappa shape index (κ1) is 13.1. The minimum absolute atomic E-state index is 0.0607. The molecule has 0 spiro atoms. The van der Waals surface area contributed by atoms with E-state index in [0.29, 0.717) is 16.3 Å². The second kappa shape index (κ2) is 5.12. The molecule has 4 nitrogen and oxygen atoms in total. The topological polar surface area (TPSA) is 49.8 Å². The number of aromatic amines is 1. The number of para-hydroxylation sites is 1. The first-order chi connectivity index (χ1) is 8.56. The predicted octanol–water partition coefficient (Wildman–Crippen LogP) is 3.05. The molecule has 2 N–H and O–H groups in total. The molecule has 96 valence electrons. The van der Waals surface area contributed by atoms with E-state index in [0.717, 1.165) is 11.0 Å². The molecule has 0 bridgehead atoms.